The van der Waals surface area contributed by atoms with Crippen molar-refractivity contribution < 1.29 is 28.2 Å². The highest BCUT2D eigenvalue weighted by atomic mass is 19.3. The fraction of sp³-hybridized carbons (Fsp3) is 0.562. The molecule has 0 spiro atoms. The molecule has 0 saturated heterocycles. The average molecular weight is 312 g/mol. The lowest BCUT2D eigenvalue weighted by molar-refractivity contribution is -0.143. The molecular formula is C16H18F2O4. The Hall–Kier alpha value is -1.85. The molecule has 0 unspecified atom stereocenters. The Morgan fingerprint density at radius 3 is 2.23 bits per heavy atom. The Bertz CT molecular complexity index is 580. The summed E-state index contributed by atoms with van der Waals surface area (Å²) in [5.74, 6) is -0.402. The van der Waals surface area contributed by atoms with Gasteiger partial charge < -0.3 is 14.6 Å². The number of hydrogen-bond donors (Lipinski definition) is 1. The van der Waals surface area contributed by atoms with E-state index in [9.17, 15) is 18.7 Å². The van der Waals surface area contributed by atoms with Gasteiger partial charge in [0.2, 0.25) is 0 Å². The summed E-state index contributed by atoms with van der Waals surface area (Å²) in [6.45, 7) is 0.833. The maximum Gasteiger partial charge on any atom is 0.314 e. The third kappa shape index (κ3) is 2.40. The Morgan fingerprint density at radius 1 is 1.09 bits per heavy atom. The molecule has 0 radical (unpaired) electrons. The molecule has 0 bridgehead atoms. The zero-order chi connectivity index (χ0) is 15.7. The van der Waals surface area contributed by atoms with Gasteiger partial charge in [-0.15, -0.1) is 0 Å². The predicted molar refractivity (Wildman–Crippen MR) is 74.8 cm³/mol. The van der Waals surface area contributed by atoms with Crippen molar-refractivity contribution in [2.45, 2.75) is 43.9 Å². The normalized spacial score (nSPS) is 20.0. The van der Waals surface area contributed by atoms with Gasteiger partial charge in [0.05, 0.1) is 18.6 Å². The van der Waals surface area contributed by atoms with Crippen molar-refractivity contribution in [1.29, 1.82) is 0 Å². The highest BCUT2D eigenvalue weighted by Gasteiger charge is 2.45. The van der Waals surface area contributed by atoms with Crippen LogP contribution in [0.2, 0.25) is 0 Å². The molecule has 1 aromatic rings. The molecule has 120 valence electrons. The molecule has 6 heteroatoms. The predicted octanol–water partition coefficient (Wildman–Crippen LogP) is 3.68. The molecule has 0 atom stereocenters. The number of alkyl halides is 2. The number of rotatable bonds is 3. The van der Waals surface area contributed by atoms with Gasteiger partial charge in [0.15, 0.2) is 11.5 Å². The maximum absolute atomic E-state index is 13.5. The highest BCUT2D eigenvalue weighted by Crippen LogP contribution is 2.48. The van der Waals surface area contributed by atoms with Gasteiger partial charge in [0, 0.05) is 12.0 Å². The summed E-state index contributed by atoms with van der Waals surface area (Å²) in [4.78, 5) is 11.8. The van der Waals surface area contributed by atoms with E-state index in [0.29, 0.717) is 38.2 Å². The molecule has 1 heterocycles. The number of carboxylic acids is 1. The van der Waals surface area contributed by atoms with Gasteiger partial charge >= 0.3 is 5.97 Å². The molecule has 2 aliphatic rings. The number of carbonyl (C=O) groups is 1. The third-order valence-corrected chi connectivity index (χ3v) is 4.54. The first-order valence-electron chi connectivity index (χ1n) is 7.50. The van der Waals surface area contributed by atoms with Gasteiger partial charge in [0.1, 0.15) is 0 Å². The monoisotopic (exact) mass is 312 g/mol. The lowest BCUT2D eigenvalue weighted by Crippen LogP contribution is -2.34. The third-order valence-electron chi connectivity index (χ3n) is 4.54. The van der Waals surface area contributed by atoms with E-state index in [2.05, 4.69) is 0 Å². The van der Waals surface area contributed by atoms with Crippen LogP contribution in [-0.2, 0) is 10.2 Å². The van der Waals surface area contributed by atoms with Crippen LogP contribution in [0.1, 0.15) is 49.7 Å². The van der Waals surface area contributed by atoms with E-state index in [4.69, 9.17) is 9.47 Å². The van der Waals surface area contributed by atoms with Crippen LogP contribution in [0.4, 0.5) is 8.78 Å². The number of carboxylic acid groups (broad SMARTS) is 1. The van der Waals surface area contributed by atoms with Crippen molar-refractivity contribution >= 4 is 5.97 Å². The van der Waals surface area contributed by atoms with E-state index in [1.807, 2.05) is 0 Å². The van der Waals surface area contributed by atoms with E-state index >= 15 is 0 Å². The standard InChI is InChI=1S/C16H18F2O4/c17-14(18)10-8-12-13(22-7-3-6-21-12)9-11(10)16(15(19)20)4-1-2-5-16/h8-9,14H,1-7H2,(H,19,20). The van der Waals surface area contributed by atoms with Crippen LogP contribution >= 0.6 is 0 Å². The number of ether oxygens (including phenoxy) is 2. The number of benzene rings is 1. The van der Waals surface area contributed by atoms with Gasteiger partial charge in [-0.05, 0) is 30.5 Å². The fourth-order valence-corrected chi connectivity index (χ4v) is 3.40. The molecule has 1 saturated carbocycles. The van der Waals surface area contributed by atoms with Crippen LogP contribution in [0.5, 0.6) is 11.5 Å². The summed E-state index contributed by atoms with van der Waals surface area (Å²) in [7, 11) is 0. The Labute approximate surface area is 127 Å². The first-order chi connectivity index (χ1) is 10.5. The summed E-state index contributed by atoms with van der Waals surface area (Å²) in [6, 6.07) is 2.71. The van der Waals surface area contributed by atoms with Crippen molar-refractivity contribution in [1.82, 2.24) is 0 Å². The van der Waals surface area contributed by atoms with Crippen molar-refractivity contribution in [2.24, 2.45) is 0 Å². The smallest absolute Gasteiger partial charge is 0.314 e. The summed E-state index contributed by atoms with van der Waals surface area (Å²) >= 11 is 0. The Morgan fingerprint density at radius 2 is 1.68 bits per heavy atom. The quantitative estimate of drug-likeness (QED) is 0.925. The highest BCUT2D eigenvalue weighted by molar-refractivity contribution is 5.83. The summed E-state index contributed by atoms with van der Waals surface area (Å²) in [5, 5.41) is 9.67. The molecule has 22 heavy (non-hydrogen) atoms. The van der Waals surface area contributed by atoms with Gasteiger partial charge in [-0.1, -0.05) is 12.8 Å². The van der Waals surface area contributed by atoms with Crippen molar-refractivity contribution in [3.8, 4) is 11.5 Å². The minimum atomic E-state index is -2.75. The van der Waals surface area contributed by atoms with Crippen LogP contribution in [-0.4, -0.2) is 24.3 Å². The average Bonchev–Trinajstić information content (AvgIpc) is 2.87. The van der Waals surface area contributed by atoms with E-state index in [-0.39, 0.29) is 16.9 Å². The second kappa shape index (κ2) is 5.74. The first-order valence-corrected chi connectivity index (χ1v) is 7.50. The second-order valence-electron chi connectivity index (χ2n) is 5.83. The largest absolute Gasteiger partial charge is 0.490 e. The van der Waals surface area contributed by atoms with Crippen LogP contribution in [0.25, 0.3) is 0 Å². The minimum absolute atomic E-state index is 0.178. The molecule has 3 rings (SSSR count). The van der Waals surface area contributed by atoms with Crippen LogP contribution in [0.3, 0.4) is 0 Å². The van der Waals surface area contributed by atoms with Crippen molar-refractivity contribution in [2.75, 3.05) is 13.2 Å². The van der Waals surface area contributed by atoms with Crippen molar-refractivity contribution in [3.63, 3.8) is 0 Å². The van der Waals surface area contributed by atoms with Crippen LogP contribution in [0, 0.1) is 0 Å². The SMILES string of the molecule is O=C(O)C1(c2cc3c(cc2C(F)F)OCCCO3)CCCC1. The maximum atomic E-state index is 13.5. The zero-order valence-electron chi connectivity index (χ0n) is 12.1. The molecule has 0 aromatic heterocycles. The van der Waals surface area contributed by atoms with Crippen LogP contribution < -0.4 is 9.47 Å². The topological polar surface area (TPSA) is 55.8 Å². The molecule has 0 amide bonds. The van der Waals surface area contributed by atoms with E-state index in [1.54, 1.807) is 0 Å². The number of aliphatic carboxylic acids is 1. The summed E-state index contributed by atoms with van der Waals surface area (Å²) < 4.78 is 38.0. The van der Waals surface area contributed by atoms with Gasteiger partial charge in [-0.2, -0.15) is 0 Å². The lowest BCUT2D eigenvalue weighted by atomic mass is 9.76. The molecule has 1 aromatic carbocycles. The summed E-state index contributed by atoms with van der Waals surface area (Å²) in [5.41, 5.74) is -1.32. The van der Waals surface area contributed by atoms with Gasteiger partial charge in [0.25, 0.3) is 6.43 Å². The Balaban J connectivity index is 2.16. The minimum Gasteiger partial charge on any atom is -0.490 e. The number of fused-ring (bicyclic) bond motifs is 1. The zero-order valence-corrected chi connectivity index (χ0v) is 12.1. The summed E-state index contributed by atoms with van der Waals surface area (Å²) in [6.07, 6.45) is 0.123. The van der Waals surface area contributed by atoms with E-state index in [1.165, 1.54) is 12.1 Å². The molecule has 1 N–H and O–H groups in total. The number of hydrogen-bond acceptors (Lipinski definition) is 3. The van der Waals surface area contributed by atoms with E-state index < -0.39 is 17.8 Å². The Kier molecular flexibility index (Phi) is 3.93. The molecule has 1 aliphatic carbocycles. The molecular weight excluding hydrogens is 294 g/mol. The molecule has 1 fully saturated rings. The second-order valence-corrected chi connectivity index (χ2v) is 5.83. The van der Waals surface area contributed by atoms with Crippen LogP contribution in [0.15, 0.2) is 12.1 Å². The van der Waals surface area contributed by atoms with Crippen molar-refractivity contribution in [3.05, 3.63) is 23.3 Å². The first kappa shape index (κ1) is 15.1. The lowest BCUT2D eigenvalue weighted by Gasteiger charge is -2.28. The molecule has 4 nitrogen and oxygen atoms in total. The fourth-order valence-electron chi connectivity index (χ4n) is 3.40. The molecule has 1 aliphatic heterocycles. The van der Waals surface area contributed by atoms with Gasteiger partial charge in [-0.3, -0.25) is 4.79 Å². The van der Waals surface area contributed by atoms with E-state index in [0.717, 1.165) is 12.8 Å². The number of halogens is 2. The van der Waals surface area contributed by atoms with Gasteiger partial charge in [-0.25, -0.2) is 8.78 Å².